The Labute approximate surface area is 108 Å². The summed E-state index contributed by atoms with van der Waals surface area (Å²) in [7, 11) is 0. The zero-order valence-electron chi connectivity index (χ0n) is 9.56. The molecule has 6 heteroatoms. The van der Waals surface area contributed by atoms with Gasteiger partial charge in [-0.3, -0.25) is 0 Å². The Balaban J connectivity index is 2.14. The number of anilines is 1. The fourth-order valence-corrected chi connectivity index (χ4v) is 2.15. The minimum atomic E-state index is -4.43. The molecule has 0 radical (unpaired) electrons. The Hall–Kier alpha value is -0.940. The van der Waals surface area contributed by atoms with Crippen molar-refractivity contribution in [2.45, 2.75) is 25.1 Å². The van der Waals surface area contributed by atoms with E-state index in [2.05, 4.69) is 5.32 Å². The fraction of sp³-hybridized carbons (Fsp3) is 0.500. The van der Waals surface area contributed by atoms with Crippen LogP contribution in [0.3, 0.4) is 0 Å². The maximum absolute atomic E-state index is 12.7. The number of halogens is 4. The monoisotopic (exact) mass is 279 g/mol. The molecule has 1 aliphatic heterocycles. The lowest BCUT2D eigenvalue weighted by molar-refractivity contribution is -0.137. The minimum absolute atomic E-state index is 0.0565. The van der Waals surface area contributed by atoms with Crippen molar-refractivity contribution in [3.8, 4) is 0 Å². The maximum atomic E-state index is 12.7. The third-order valence-corrected chi connectivity index (χ3v) is 3.13. The first-order valence-electron chi connectivity index (χ1n) is 5.68. The van der Waals surface area contributed by atoms with Gasteiger partial charge in [-0.25, -0.2) is 0 Å². The third kappa shape index (κ3) is 3.29. The molecule has 1 saturated heterocycles. The van der Waals surface area contributed by atoms with E-state index in [-0.39, 0.29) is 11.1 Å². The van der Waals surface area contributed by atoms with Crippen LogP contribution >= 0.6 is 11.6 Å². The van der Waals surface area contributed by atoms with Gasteiger partial charge in [-0.15, -0.1) is 0 Å². The molecule has 0 aromatic heterocycles. The largest absolute Gasteiger partial charge is 0.417 e. The summed E-state index contributed by atoms with van der Waals surface area (Å²) in [6.45, 7) is 1.23. The van der Waals surface area contributed by atoms with Gasteiger partial charge in [0.2, 0.25) is 0 Å². The molecule has 0 amide bonds. The van der Waals surface area contributed by atoms with Crippen LogP contribution in [0.15, 0.2) is 18.2 Å². The Bertz CT molecular complexity index is 416. The van der Waals surface area contributed by atoms with E-state index < -0.39 is 11.7 Å². The van der Waals surface area contributed by atoms with Crippen LogP contribution in [0.1, 0.15) is 18.4 Å². The summed E-state index contributed by atoms with van der Waals surface area (Å²) in [6, 6.07) is 3.90. The van der Waals surface area contributed by atoms with Crippen molar-refractivity contribution in [1.82, 2.24) is 0 Å². The predicted octanol–water partition coefficient (Wildman–Crippen LogP) is 3.95. The molecule has 1 atom stereocenters. The van der Waals surface area contributed by atoms with Gasteiger partial charge >= 0.3 is 6.18 Å². The van der Waals surface area contributed by atoms with Crippen LogP contribution in [0.5, 0.6) is 0 Å². The van der Waals surface area contributed by atoms with Crippen molar-refractivity contribution in [2.24, 2.45) is 0 Å². The van der Waals surface area contributed by atoms with Crippen molar-refractivity contribution >= 4 is 17.3 Å². The van der Waals surface area contributed by atoms with Crippen LogP contribution in [-0.4, -0.2) is 19.3 Å². The number of nitrogens with one attached hydrogen (secondary N) is 1. The van der Waals surface area contributed by atoms with E-state index in [4.69, 9.17) is 16.3 Å². The first kappa shape index (κ1) is 13.5. The number of ether oxygens (including phenoxy) is 1. The van der Waals surface area contributed by atoms with Crippen LogP contribution in [-0.2, 0) is 10.9 Å². The molecule has 0 saturated carbocycles. The zero-order chi connectivity index (χ0) is 13.2. The molecule has 0 bridgehead atoms. The maximum Gasteiger partial charge on any atom is 0.417 e. The molecule has 2 nitrogen and oxygen atoms in total. The SMILES string of the molecule is FC(F)(F)c1cc(NC2CCCOC2)ccc1Cl. The van der Waals surface area contributed by atoms with Crippen molar-refractivity contribution in [3.05, 3.63) is 28.8 Å². The molecule has 2 rings (SSSR count). The van der Waals surface area contributed by atoms with Crippen LogP contribution in [0.2, 0.25) is 5.02 Å². The van der Waals surface area contributed by atoms with Gasteiger partial charge in [0.15, 0.2) is 0 Å². The average molecular weight is 280 g/mol. The first-order valence-corrected chi connectivity index (χ1v) is 6.05. The van der Waals surface area contributed by atoms with Crippen LogP contribution in [0, 0.1) is 0 Å². The smallest absolute Gasteiger partial charge is 0.380 e. The summed E-state index contributed by atoms with van der Waals surface area (Å²) in [5, 5.41) is 2.75. The highest BCUT2D eigenvalue weighted by molar-refractivity contribution is 6.31. The average Bonchev–Trinajstić information content (AvgIpc) is 2.31. The summed E-state index contributed by atoms with van der Waals surface area (Å²) in [5.74, 6) is 0. The molecular weight excluding hydrogens is 267 g/mol. The van der Waals surface area contributed by atoms with E-state index in [1.165, 1.54) is 6.07 Å². The van der Waals surface area contributed by atoms with Gasteiger partial charge in [-0.05, 0) is 31.0 Å². The standard InChI is InChI=1S/C12H13ClF3NO/c13-11-4-3-8(6-10(11)12(14,15)16)17-9-2-1-5-18-7-9/h3-4,6,9,17H,1-2,5,7H2. The van der Waals surface area contributed by atoms with Gasteiger partial charge in [0.1, 0.15) is 0 Å². The van der Waals surface area contributed by atoms with Gasteiger partial charge in [0, 0.05) is 18.3 Å². The van der Waals surface area contributed by atoms with Crippen molar-refractivity contribution in [2.75, 3.05) is 18.5 Å². The first-order chi connectivity index (χ1) is 8.47. The lowest BCUT2D eigenvalue weighted by Crippen LogP contribution is -2.30. The highest BCUT2D eigenvalue weighted by Crippen LogP contribution is 2.36. The summed E-state index contributed by atoms with van der Waals surface area (Å²) in [6.07, 6.45) is -2.63. The quantitative estimate of drug-likeness (QED) is 0.885. The van der Waals surface area contributed by atoms with E-state index in [1.807, 2.05) is 0 Å². The number of rotatable bonds is 2. The Kier molecular flexibility index (Phi) is 4.02. The van der Waals surface area contributed by atoms with Gasteiger partial charge in [-0.1, -0.05) is 11.6 Å². The minimum Gasteiger partial charge on any atom is -0.380 e. The molecule has 1 heterocycles. The fourth-order valence-electron chi connectivity index (χ4n) is 1.92. The number of alkyl halides is 3. The number of benzene rings is 1. The molecule has 1 aromatic carbocycles. The summed E-state index contributed by atoms with van der Waals surface area (Å²) < 4.78 is 43.3. The van der Waals surface area contributed by atoms with E-state index in [0.717, 1.165) is 18.9 Å². The molecule has 1 fully saturated rings. The Morgan fingerprint density at radius 2 is 2.11 bits per heavy atom. The summed E-state index contributed by atoms with van der Waals surface area (Å²) >= 11 is 5.55. The second-order valence-corrected chi connectivity index (χ2v) is 4.66. The Morgan fingerprint density at radius 3 is 2.72 bits per heavy atom. The molecule has 0 spiro atoms. The predicted molar refractivity (Wildman–Crippen MR) is 63.9 cm³/mol. The topological polar surface area (TPSA) is 21.3 Å². The van der Waals surface area contributed by atoms with Crippen LogP contribution < -0.4 is 5.32 Å². The lowest BCUT2D eigenvalue weighted by Gasteiger charge is -2.24. The highest BCUT2D eigenvalue weighted by Gasteiger charge is 2.33. The van der Waals surface area contributed by atoms with Gasteiger partial charge in [0.05, 0.1) is 17.2 Å². The van der Waals surface area contributed by atoms with Gasteiger partial charge in [0.25, 0.3) is 0 Å². The zero-order valence-corrected chi connectivity index (χ0v) is 10.3. The molecule has 1 N–H and O–H groups in total. The summed E-state index contributed by atoms with van der Waals surface area (Å²) in [5.41, 5.74) is -0.395. The normalized spacial score (nSPS) is 20.8. The molecule has 1 unspecified atom stereocenters. The Morgan fingerprint density at radius 1 is 1.33 bits per heavy atom. The van der Waals surface area contributed by atoms with E-state index in [9.17, 15) is 13.2 Å². The number of hydrogen-bond acceptors (Lipinski definition) is 2. The lowest BCUT2D eigenvalue weighted by atomic mass is 10.1. The van der Waals surface area contributed by atoms with Gasteiger partial charge in [-0.2, -0.15) is 13.2 Å². The highest BCUT2D eigenvalue weighted by atomic mass is 35.5. The molecular formula is C12H13ClF3NO. The van der Waals surface area contributed by atoms with Crippen molar-refractivity contribution < 1.29 is 17.9 Å². The molecule has 1 aliphatic rings. The second-order valence-electron chi connectivity index (χ2n) is 4.25. The molecule has 100 valence electrons. The van der Waals surface area contributed by atoms with Crippen LogP contribution in [0.4, 0.5) is 18.9 Å². The molecule has 18 heavy (non-hydrogen) atoms. The molecule has 1 aromatic rings. The van der Waals surface area contributed by atoms with E-state index in [1.54, 1.807) is 6.07 Å². The van der Waals surface area contributed by atoms with E-state index >= 15 is 0 Å². The third-order valence-electron chi connectivity index (χ3n) is 2.80. The van der Waals surface area contributed by atoms with Crippen molar-refractivity contribution in [3.63, 3.8) is 0 Å². The number of hydrogen-bond donors (Lipinski definition) is 1. The van der Waals surface area contributed by atoms with Gasteiger partial charge < -0.3 is 10.1 Å². The second kappa shape index (κ2) is 5.36. The van der Waals surface area contributed by atoms with Crippen molar-refractivity contribution in [1.29, 1.82) is 0 Å². The van der Waals surface area contributed by atoms with Crippen LogP contribution in [0.25, 0.3) is 0 Å². The summed E-state index contributed by atoms with van der Waals surface area (Å²) in [4.78, 5) is 0. The van der Waals surface area contributed by atoms with E-state index in [0.29, 0.717) is 18.9 Å². The molecule has 0 aliphatic carbocycles.